The van der Waals surface area contributed by atoms with Gasteiger partial charge >= 0.3 is 12.2 Å². The number of para-hydroxylation sites is 2. The Labute approximate surface area is 183 Å². The zero-order chi connectivity index (χ0) is 20.3. The molecule has 162 valence electrons. The second-order valence-corrected chi connectivity index (χ2v) is 6.97. The van der Waals surface area contributed by atoms with Crippen molar-refractivity contribution < 1.29 is 19.1 Å². The van der Waals surface area contributed by atoms with Gasteiger partial charge in [-0.15, -0.1) is 12.4 Å². The summed E-state index contributed by atoms with van der Waals surface area (Å²) in [7, 11) is 0. The van der Waals surface area contributed by atoms with Gasteiger partial charge in [-0.25, -0.2) is 9.59 Å². The average molecular weight is 434 g/mol. The van der Waals surface area contributed by atoms with E-state index in [0.717, 1.165) is 25.9 Å². The number of rotatable bonds is 7. The molecule has 0 bridgehead atoms. The fourth-order valence-corrected chi connectivity index (χ4v) is 3.22. The van der Waals surface area contributed by atoms with Crippen LogP contribution < -0.4 is 10.6 Å². The maximum Gasteiger partial charge on any atom is 0.412 e. The maximum atomic E-state index is 12.3. The van der Waals surface area contributed by atoms with Crippen LogP contribution in [0.15, 0.2) is 60.7 Å². The Balaban J connectivity index is 0.00000320. The third kappa shape index (κ3) is 8.31. The molecule has 0 aliphatic carbocycles. The minimum Gasteiger partial charge on any atom is -0.445 e. The van der Waals surface area contributed by atoms with Gasteiger partial charge in [-0.3, -0.25) is 15.5 Å². The van der Waals surface area contributed by atoms with Crippen LogP contribution in [0, 0.1) is 0 Å². The highest BCUT2D eigenvalue weighted by atomic mass is 35.5. The molecular weight excluding hydrogens is 406 g/mol. The smallest absolute Gasteiger partial charge is 0.412 e. The number of likely N-dealkylation sites (tertiary alicyclic amines) is 1. The van der Waals surface area contributed by atoms with Crippen LogP contribution in [-0.2, 0) is 9.47 Å². The Morgan fingerprint density at radius 2 is 1.37 bits per heavy atom. The lowest BCUT2D eigenvalue weighted by molar-refractivity contribution is 0.0299. The standard InChI is InChI=1S/C22H27N3O4.ClH/c26-21(23-18-10-4-1-5-11-18)28-17-20(16-25-14-8-3-9-15-25)29-22(27)24-19-12-6-2-7-13-19;/h1-2,4-7,10-13,20H,3,8-9,14-17H2,(H,23,26)(H,24,27);1H. The van der Waals surface area contributed by atoms with Gasteiger partial charge in [0.15, 0.2) is 6.10 Å². The highest BCUT2D eigenvalue weighted by molar-refractivity contribution is 5.86. The second-order valence-electron chi connectivity index (χ2n) is 6.97. The summed E-state index contributed by atoms with van der Waals surface area (Å²) < 4.78 is 10.9. The van der Waals surface area contributed by atoms with Gasteiger partial charge in [-0.05, 0) is 50.2 Å². The molecule has 0 radical (unpaired) electrons. The lowest BCUT2D eigenvalue weighted by Gasteiger charge is -2.30. The van der Waals surface area contributed by atoms with E-state index >= 15 is 0 Å². The monoisotopic (exact) mass is 433 g/mol. The molecule has 2 amide bonds. The number of nitrogens with zero attached hydrogens (tertiary/aromatic N) is 1. The van der Waals surface area contributed by atoms with Crippen LogP contribution in [-0.4, -0.2) is 49.4 Å². The molecule has 2 N–H and O–H groups in total. The second kappa shape index (κ2) is 12.7. The number of amides is 2. The van der Waals surface area contributed by atoms with E-state index in [4.69, 9.17) is 9.47 Å². The number of benzene rings is 2. The zero-order valence-electron chi connectivity index (χ0n) is 16.8. The van der Waals surface area contributed by atoms with Crippen molar-refractivity contribution in [2.75, 3.05) is 36.9 Å². The van der Waals surface area contributed by atoms with Crippen LogP contribution in [0.3, 0.4) is 0 Å². The summed E-state index contributed by atoms with van der Waals surface area (Å²) >= 11 is 0. The Hall–Kier alpha value is -2.77. The van der Waals surface area contributed by atoms with E-state index < -0.39 is 18.3 Å². The van der Waals surface area contributed by atoms with Crippen molar-refractivity contribution in [3.05, 3.63) is 60.7 Å². The summed E-state index contributed by atoms with van der Waals surface area (Å²) in [6, 6.07) is 18.2. The average Bonchev–Trinajstić information content (AvgIpc) is 2.74. The van der Waals surface area contributed by atoms with Gasteiger partial charge in [-0.2, -0.15) is 0 Å². The molecule has 1 aliphatic rings. The molecule has 0 saturated carbocycles. The van der Waals surface area contributed by atoms with Gasteiger partial charge in [0.05, 0.1) is 0 Å². The van der Waals surface area contributed by atoms with Crippen molar-refractivity contribution >= 4 is 36.0 Å². The van der Waals surface area contributed by atoms with Crippen molar-refractivity contribution in [1.82, 2.24) is 4.90 Å². The van der Waals surface area contributed by atoms with E-state index in [1.54, 1.807) is 24.3 Å². The third-order valence-corrected chi connectivity index (χ3v) is 4.62. The number of halogens is 1. The van der Waals surface area contributed by atoms with Gasteiger partial charge in [-0.1, -0.05) is 42.8 Å². The summed E-state index contributed by atoms with van der Waals surface area (Å²) in [5.41, 5.74) is 1.30. The van der Waals surface area contributed by atoms with E-state index in [1.807, 2.05) is 36.4 Å². The summed E-state index contributed by atoms with van der Waals surface area (Å²) in [4.78, 5) is 26.6. The van der Waals surface area contributed by atoms with E-state index in [-0.39, 0.29) is 19.0 Å². The van der Waals surface area contributed by atoms with Crippen molar-refractivity contribution in [2.24, 2.45) is 0 Å². The molecule has 30 heavy (non-hydrogen) atoms. The number of ether oxygens (including phenoxy) is 2. The molecule has 1 fully saturated rings. The highest BCUT2D eigenvalue weighted by Gasteiger charge is 2.22. The third-order valence-electron chi connectivity index (χ3n) is 4.62. The zero-order valence-corrected chi connectivity index (χ0v) is 17.6. The van der Waals surface area contributed by atoms with E-state index in [9.17, 15) is 9.59 Å². The van der Waals surface area contributed by atoms with Gasteiger partial charge in [0.2, 0.25) is 0 Å². The number of nitrogens with one attached hydrogen (secondary N) is 2. The lowest BCUT2D eigenvalue weighted by atomic mass is 10.1. The van der Waals surface area contributed by atoms with Gasteiger partial charge < -0.3 is 9.47 Å². The van der Waals surface area contributed by atoms with E-state index in [0.29, 0.717) is 17.9 Å². The first-order chi connectivity index (χ1) is 14.2. The van der Waals surface area contributed by atoms with Crippen LogP contribution in [0.1, 0.15) is 19.3 Å². The quantitative estimate of drug-likeness (QED) is 0.658. The highest BCUT2D eigenvalue weighted by Crippen LogP contribution is 2.12. The molecule has 0 aromatic heterocycles. The Morgan fingerprint density at radius 1 is 0.833 bits per heavy atom. The van der Waals surface area contributed by atoms with Crippen molar-refractivity contribution in [1.29, 1.82) is 0 Å². The first kappa shape index (κ1) is 23.5. The minimum absolute atomic E-state index is 0. The minimum atomic E-state index is -0.577. The topological polar surface area (TPSA) is 79.9 Å². The van der Waals surface area contributed by atoms with Gasteiger partial charge in [0.1, 0.15) is 6.61 Å². The molecule has 1 saturated heterocycles. The van der Waals surface area contributed by atoms with Crippen LogP contribution in [0.4, 0.5) is 21.0 Å². The van der Waals surface area contributed by atoms with Crippen molar-refractivity contribution in [2.45, 2.75) is 25.4 Å². The van der Waals surface area contributed by atoms with Crippen LogP contribution >= 0.6 is 12.4 Å². The summed E-state index contributed by atoms with van der Waals surface area (Å²) in [5, 5.41) is 5.36. The largest absolute Gasteiger partial charge is 0.445 e. The van der Waals surface area contributed by atoms with Gasteiger partial charge in [0.25, 0.3) is 0 Å². The first-order valence-corrected chi connectivity index (χ1v) is 9.93. The molecule has 2 aromatic carbocycles. The van der Waals surface area contributed by atoms with Gasteiger partial charge in [0, 0.05) is 17.9 Å². The first-order valence-electron chi connectivity index (χ1n) is 9.93. The Morgan fingerprint density at radius 3 is 1.93 bits per heavy atom. The van der Waals surface area contributed by atoms with E-state index in [2.05, 4.69) is 15.5 Å². The summed E-state index contributed by atoms with van der Waals surface area (Å²) in [6.45, 7) is 2.42. The molecule has 7 nitrogen and oxygen atoms in total. The molecular formula is C22H28ClN3O4. The predicted molar refractivity (Wildman–Crippen MR) is 119 cm³/mol. The number of carbonyl (C=O) groups is 2. The molecule has 2 aromatic rings. The molecule has 0 spiro atoms. The molecule has 3 rings (SSSR count). The fourth-order valence-electron chi connectivity index (χ4n) is 3.22. The number of hydrogen-bond acceptors (Lipinski definition) is 5. The molecule has 1 heterocycles. The normalized spacial score (nSPS) is 14.7. The molecule has 1 aliphatic heterocycles. The lowest BCUT2D eigenvalue weighted by Crippen LogP contribution is -2.41. The number of anilines is 2. The SMILES string of the molecule is Cl.O=C(Nc1ccccc1)OCC(CN1CCCCC1)OC(=O)Nc1ccccc1. The Bertz CT molecular complexity index is 770. The molecule has 1 atom stereocenters. The molecule has 8 heteroatoms. The fraction of sp³-hybridized carbons (Fsp3) is 0.364. The van der Waals surface area contributed by atoms with Crippen molar-refractivity contribution in [3.8, 4) is 0 Å². The van der Waals surface area contributed by atoms with E-state index in [1.165, 1.54) is 6.42 Å². The van der Waals surface area contributed by atoms with Crippen LogP contribution in [0.5, 0.6) is 0 Å². The number of piperidine rings is 1. The predicted octanol–water partition coefficient (Wildman–Crippen LogP) is 4.76. The van der Waals surface area contributed by atoms with Crippen LogP contribution in [0.2, 0.25) is 0 Å². The summed E-state index contributed by atoms with van der Waals surface area (Å²) in [5.74, 6) is 0. The van der Waals surface area contributed by atoms with Crippen LogP contribution in [0.25, 0.3) is 0 Å². The molecule has 1 unspecified atom stereocenters. The maximum absolute atomic E-state index is 12.3. The number of hydrogen-bond donors (Lipinski definition) is 2. The van der Waals surface area contributed by atoms with Crippen molar-refractivity contribution in [3.63, 3.8) is 0 Å². The number of carbonyl (C=O) groups excluding carboxylic acids is 2. The summed E-state index contributed by atoms with van der Waals surface area (Å²) in [6.07, 6.45) is 1.76. The Kier molecular flexibility index (Phi) is 9.97.